The Kier molecular flexibility index (Phi) is 4.92. The lowest BCUT2D eigenvalue weighted by Crippen LogP contribution is -2.42. The van der Waals surface area contributed by atoms with E-state index in [1.54, 1.807) is 13.2 Å². The summed E-state index contributed by atoms with van der Waals surface area (Å²) in [5, 5.41) is 4.87. The van der Waals surface area contributed by atoms with E-state index in [1.165, 1.54) is 0 Å². The maximum atomic E-state index is 12.5. The number of ether oxygens (including phenoxy) is 1. The van der Waals surface area contributed by atoms with Gasteiger partial charge in [0.15, 0.2) is 0 Å². The summed E-state index contributed by atoms with van der Waals surface area (Å²) < 4.78 is 11.4. The third kappa shape index (κ3) is 3.53. The van der Waals surface area contributed by atoms with Crippen molar-refractivity contribution in [2.45, 2.75) is 12.8 Å². The van der Waals surface area contributed by atoms with Gasteiger partial charge in [0.2, 0.25) is 11.8 Å². The number of carbonyl (C=O) groups excluding carboxylic acids is 2. The largest absolute Gasteiger partial charge is 0.495 e. The van der Waals surface area contributed by atoms with Crippen molar-refractivity contribution in [2.24, 2.45) is 11.7 Å². The first-order valence-electron chi connectivity index (χ1n) is 9.36. The summed E-state index contributed by atoms with van der Waals surface area (Å²) in [5.74, 6) is 0.106. The minimum atomic E-state index is -0.257. The predicted molar refractivity (Wildman–Crippen MR) is 107 cm³/mol. The lowest BCUT2D eigenvalue weighted by molar-refractivity contribution is -0.123. The van der Waals surface area contributed by atoms with Crippen LogP contribution in [0, 0.1) is 5.92 Å². The van der Waals surface area contributed by atoms with Crippen molar-refractivity contribution in [1.82, 2.24) is 4.90 Å². The molecule has 1 aliphatic heterocycles. The van der Waals surface area contributed by atoms with Crippen LogP contribution in [0.2, 0.25) is 0 Å². The van der Waals surface area contributed by atoms with E-state index in [9.17, 15) is 9.59 Å². The fraction of sp³-hybridized carbons (Fsp3) is 0.333. The van der Waals surface area contributed by atoms with Gasteiger partial charge in [0.25, 0.3) is 0 Å². The maximum Gasteiger partial charge on any atom is 0.238 e. The lowest BCUT2D eigenvalue weighted by atomic mass is 9.96. The second-order valence-corrected chi connectivity index (χ2v) is 7.15. The zero-order chi connectivity index (χ0) is 19.7. The fourth-order valence-electron chi connectivity index (χ4n) is 3.79. The van der Waals surface area contributed by atoms with Gasteiger partial charge in [-0.15, -0.1) is 0 Å². The maximum absolute atomic E-state index is 12.5. The molecule has 0 saturated carbocycles. The monoisotopic (exact) mass is 381 g/mol. The number of likely N-dealkylation sites (tertiary alicyclic amines) is 1. The number of nitrogens with one attached hydrogen (secondary N) is 1. The van der Waals surface area contributed by atoms with E-state index >= 15 is 0 Å². The zero-order valence-electron chi connectivity index (χ0n) is 15.7. The van der Waals surface area contributed by atoms with Crippen LogP contribution in [-0.2, 0) is 9.59 Å². The molecule has 146 valence electrons. The second kappa shape index (κ2) is 7.52. The van der Waals surface area contributed by atoms with Gasteiger partial charge < -0.3 is 20.2 Å². The van der Waals surface area contributed by atoms with Crippen LogP contribution >= 0.6 is 0 Å². The summed E-state index contributed by atoms with van der Waals surface area (Å²) in [6.07, 6.45) is 1.38. The van der Waals surface area contributed by atoms with E-state index in [4.69, 9.17) is 14.9 Å². The van der Waals surface area contributed by atoms with Crippen LogP contribution < -0.4 is 15.8 Å². The first kappa shape index (κ1) is 18.3. The molecule has 7 nitrogen and oxygen atoms in total. The number of carbonyl (C=O) groups is 2. The summed E-state index contributed by atoms with van der Waals surface area (Å²) >= 11 is 0. The number of benzene rings is 2. The fourth-order valence-corrected chi connectivity index (χ4v) is 3.79. The van der Waals surface area contributed by atoms with Crippen molar-refractivity contribution in [2.75, 3.05) is 32.1 Å². The molecular weight excluding hydrogens is 358 g/mol. The number of rotatable bonds is 5. The Labute approximate surface area is 162 Å². The molecule has 2 heterocycles. The van der Waals surface area contributed by atoms with Gasteiger partial charge in [-0.2, -0.15) is 0 Å². The zero-order valence-corrected chi connectivity index (χ0v) is 15.7. The van der Waals surface area contributed by atoms with Crippen molar-refractivity contribution in [1.29, 1.82) is 0 Å². The van der Waals surface area contributed by atoms with Crippen LogP contribution in [0.3, 0.4) is 0 Å². The topological polar surface area (TPSA) is 97.8 Å². The van der Waals surface area contributed by atoms with Gasteiger partial charge in [-0.1, -0.05) is 18.2 Å². The molecule has 2 aromatic carbocycles. The Hall–Kier alpha value is -3.06. The second-order valence-electron chi connectivity index (χ2n) is 7.15. The highest BCUT2D eigenvalue weighted by Gasteiger charge is 2.24. The van der Waals surface area contributed by atoms with E-state index < -0.39 is 0 Å². The minimum absolute atomic E-state index is 0.0881. The van der Waals surface area contributed by atoms with Crippen molar-refractivity contribution in [3.8, 4) is 5.75 Å². The van der Waals surface area contributed by atoms with Gasteiger partial charge in [-0.3, -0.25) is 14.5 Å². The van der Waals surface area contributed by atoms with Gasteiger partial charge in [0.1, 0.15) is 16.9 Å². The van der Waals surface area contributed by atoms with Crippen LogP contribution in [0.25, 0.3) is 21.9 Å². The van der Waals surface area contributed by atoms with E-state index in [2.05, 4.69) is 5.32 Å². The number of nitrogens with zero attached hydrogens (tertiary/aromatic N) is 1. The number of para-hydroxylation sites is 1. The highest BCUT2D eigenvalue weighted by atomic mass is 16.5. The molecule has 4 rings (SSSR count). The number of primary amides is 1. The van der Waals surface area contributed by atoms with Crippen LogP contribution in [0.15, 0.2) is 40.8 Å². The van der Waals surface area contributed by atoms with E-state index in [1.807, 2.05) is 35.2 Å². The molecule has 28 heavy (non-hydrogen) atoms. The lowest BCUT2D eigenvalue weighted by Gasteiger charge is -2.29. The smallest absolute Gasteiger partial charge is 0.238 e. The summed E-state index contributed by atoms with van der Waals surface area (Å²) in [6.45, 7) is 1.62. The molecule has 1 saturated heterocycles. The third-order valence-corrected chi connectivity index (χ3v) is 5.33. The quantitative estimate of drug-likeness (QED) is 0.708. The van der Waals surface area contributed by atoms with Crippen molar-refractivity contribution >= 4 is 39.4 Å². The molecule has 0 aliphatic carbocycles. The minimum Gasteiger partial charge on any atom is -0.495 e. The molecule has 0 radical (unpaired) electrons. The normalized spacial score (nSPS) is 15.8. The van der Waals surface area contributed by atoms with Gasteiger partial charge in [0, 0.05) is 22.8 Å². The predicted octanol–water partition coefficient (Wildman–Crippen LogP) is 2.73. The molecule has 2 amide bonds. The number of hydrogen-bond acceptors (Lipinski definition) is 5. The summed E-state index contributed by atoms with van der Waals surface area (Å²) in [4.78, 5) is 25.8. The number of fused-ring (bicyclic) bond motifs is 3. The van der Waals surface area contributed by atoms with E-state index in [-0.39, 0.29) is 24.3 Å². The third-order valence-electron chi connectivity index (χ3n) is 5.33. The molecule has 0 bridgehead atoms. The van der Waals surface area contributed by atoms with Crippen LogP contribution in [-0.4, -0.2) is 43.5 Å². The van der Waals surface area contributed by atoms with Gasteiger partial charge in [-0.05, 0) is 38.1 Å². The van der Waals surface area contributed by atoms with E-state index in [0.717, 1.165) is 16.4 Å². The van der Waals surface area contributed by atoms with Crippen LogP contribution in [0.4, 0.5) is 5.69 Å². The van der Waals surface area contributed by atoms with Crippen molar-refractivity contribution in [3.05, 3.63) is 36.4 Å². The number of anilines is 1. The Bertz CT molecular complexity index is 1030. The molecule has 3 N–H and O–H groups in total. The number of nitrogens with two attached hydrogens (primary N) is 1. The molecule has 1 aromatic heterocycles. The Balaban J connectivity index is 1.50. The number of piperidine rings is 1. The molecule has 1 aliphatic rings. The number of methoxy groups -OCH3 is 1. The summed E-state index contributed by atoms with van der Waals surface area (Å²) in [6, 6.07) is 11.5. The highest BCUT2D eigenvalue weighted by Crippen LogP contribution is 2.36. The van der Waals surface area contributed by atoms with Gasteiger partial charge in [-0.25, -0.2) is 0 Å². The molecule has 7 heteroatoms. The SMILES string of the molecule is COc1cc2c(cc1NC(=O)CN1CCC(C(N)=O)CC1)oc1ccccc12. The number of amides is 2. The van der Waals surface area contributed by atoms with Crippen LogP contribution in [0.5, 0.6) is 5.75 Å². The molecule has 0 unspecified atom stereocenters. The Morgan fingerprint density at radius 1 is 1.18 bits per heavy atom. The first-order chi connectivity index (χ1) is 13.5. The molecule has 0 spiro atoms. The first-order valence-corrected chi connectivity index (χ1v) is 9.36. The molecular formula is C21H23N3O4. The summed E-state index contributed by atoms with van der Waals surface area (Å²) in [7, 11) is 1.58. The average Bonchev–Trinajstić information content (AvgIpc) is 3.05. The average molecular weight is 381 g/mol. The molecule has 1 fully saturated rings. The summed E-state index contributed by atoms with van der Waals surface area (Å²) in [5.41, 5.74) is 7.42. The molecule has 3 aromatic rings. The number of hydrogen-bond donors (Lipinski definition) is 2. The van der Waals surface area contributed by atoms with Crippen molar-refractivity contribution < 1.29 is 18.7 Å². The van der Waals surface area contributed by atoms with Gasteiger partial charge in [0.05, 0.1) is 19.3 Å². The Morgan fingerprint density at radius 2 is 1.93 bits per heavy atom. The highest BCUT2D eigenvalue weighted by molar-refractivity contribution is 6.07. The molecule has 0 atom stereocenters. The Morgan fingerprint density at radius 3 is 2.64 bits per heavy atom. The number of furan rings is 1. The standard InChI is InChI=1S/C21H23N3O4/c1-27-19-10-15-14-4-2-3-5-17(14)28-18(15)11-16(19)23-20(25)12-24-8-6-13(7-9-24)21(22)26/h2-5,10-11,13H,6-9,12H2,1H3,(H2,22,26)(H,23,25). The van der Waals surface area contributed by atoms with Crippen molar-refractivity contribution in [3.63, 3.8) is 0 Å². The van der Waals surface area contributed by atoms with E-state index in [0.29, 0.717) is 43.0 Å². The van der Waals surface area contributed by atoms with Crippen LogP contribution in [0.1, 0.15) is 12.8 Å². The van der Waals surface area contributed by atoms with Gasteiger partial charge >= 0.3 is 0 Å².